The third-order valence-corrected chi connectivity index (χ3v) is 4.19. The summed E-state index contributed by atoms with van der Waals surface area (Å²) in [7, 11) is 0. The maximum atomic E-state index is 13.9. The first kappa shape index (κ1) is 18.5. The third-order valence-electron chi connectivity index (χ3n) is 3.33. The Bertz CT molecular complexity index is 957. The fraction of sp³-hybridized carbons (Fsp3) is 0.0588. The summed E-state index contributed by atoms with van der Waals surface area (Å²) in [5.74, 6) is -1.24. The lowest BCUT2D eigenvalue weighted by Crippen LogP contribution is -2.03. The van der Waals surface area contributed by atoms with Crippen LogP contribution in [-0.4, -0.2) is 20.1 Å². The van der Waals surface area contributed by atoms with Crippen molar-refractivity contribution in [3.05, 3.63) is 76.8 Å². The molecule has 3 aromatic rings. The van der Waals surface area contributed by atoms with Crippen molar-refractivity contribution in [2.24, 2.45) is 0 Å². The summed E-state index contributed by atoms with van der Waals surface area (Å²) in [6.45, 7) is 0.0803. The van der Waals surface area contributed by atoms with Crippen molar-refractivity contribution < 1.29 is 23.6 Å². The Labute approximate surface area is 156 Å². The monoisotopic (exact) mass is 391 g/mol. The van der Waals surface area contributed by atoms with Crippen LogP contribution in [0.5, 0.6) is 6.01 Å². The summed E-state index contributed by atoms with van der Waals surface area (Å²) >= 11 is 0.888. The van der Waals surface area contributed by atoms with Crippen molar-refractivity contribution in [1.29, 1.82) is 0 Å². The maximum absolute atomic E-state index is 13.9. The average Bonchev–Trinajstić information content (AvgIpc) is 2.67. The van der Waals surface area contributed by atoms with Crippen molar-refractivity contribution in [2.75, 3.05) is 4.72 Å². The molecule has 0 saturated carbocycles. The highest BCUT2D eigenvalue weighted by atomic mass is 32.2. The molecule has 1 heterocycles. The SMILES string of the molecule is O=[N+](O)c1ccccc1SNc1nc(OCc2ccc(F)cc2)ncc1F. The fourth-order valence-electron chi connectivity index (χ4n) is 2.03. The first-order valence-corrected chi connectivity index (χ1v) is 8.42. The van der Waals surface area contributed by atoms with Gasteiger partial charge in [0.15, 0.2) is 11.6 Å². The molecule has 0 spiro atoms. The lowest BCUT2D eigenvalue weighted by molar-refractivity contribution is -0.731. The molecule has 0 fully saturated rings. The Balaban J connectivity index is 1.68. The zero-order valence-corrected chi connectivity index (χ0v) is 14.5. The number of nitrogens with one attached hydrogen (secondary N) is 1. The largest absolute Gasteiger partial charge is 0.459 e. The van der Waals surface area contributed by atoms with Gasteiger partial charge in [0.1, 0.15) is 17.3 Å². The van der Waals surface area contributed by atoms with E-state index in [1.807, 2.05) is 0 Å². The predicted octanol–water partition coefficient (Wildman–Crippen LogP) is 4.25. The van der Waals surface area contributed by atoms with Crippen molar-refractivity contribution >= 4 is 23.5 Å². The molecule has 2 aromatic carbocycles. The fourth-order valence-corrected chi connectivity index (χ4v) is 2.77. The molecule has 0 aliphatic rings. The van der Waals surface area contributed by atoms with Gasteiger partial charge in [-0.2, -0.15) is 4.98 Å². The second-order valence-corrected chi connectivity index (χ2v) is 6.06. The summed E-state index contributed by atoms with van der Waals surface area (Å²) in [5.41, 5.74) is 0.692. The van der Waals surface area contributed by atoms with Crippen LogP contribution in [0.1, 0.15) is 5.56 Å². The van der Waals surface area contributed by atoms with Gasteiger partial charge in [-0.3, -0.25) is 0 Å². The van der Waals surface area contributed by atoms with Crippen molar-refractivity contribution in [2.45, 2.75) is 11.5 Å². The minimum absolute atomic E-state index is 0.00255. The number of ether oxygens (including phenoxy) is 1. The highest BCUT2D eigenvalue weighted by Gasteiger charge is 2.19. The third kappa shape index (κ3) is 4.88. The van der Waals surface area contributed by atoms with Crippen molar-refractivity contribution in [1.82, 2.24) is 9.97 Å². The molecule has 138 valence electrons. The van der Waals surface area contributed by atoms with Crippen LogP contribution in [-0.2, 0) is 6.61 Å². The van der Waals surface area contributed by atoms with Gasteiger partial charge in [0.2, 0.25) is 0 Å². The number of rotatable bonds is 7. The van der Waals surface area contributed by atoms with E-state index >= 15 is 0 Å². The normalized spacial score (nSPS) is 10.4. The van der Waals surface area contributed by atoms with Gasteiger partial charge >= 0.3 is 11.7 Å². The lowest BCUT2D eigenvalue weighted by Gasteiger charge is -2.08. The second kappa shape index (κ2) is 8.41. The number of benzene rings is 2. The van der Waals surface area contributed by atoms with E-state index in [1.54, 1.807) is 30.3 Å². The molecule has 1 aromatic heterocycles. The molecule has 0 aliphatic carbocycles. The maximum Gasteiger partial charge on any atom is 0.331 e. The molecule has 27 heavy (non-hydrogen) atoms. The molecule has 2 N–H and O–H groups in total. The summed E-state index contributed by atoms with van der Waals surface area (Å²) in [4.78, 5) is 18.9. The smallest absolute Gasteiger partial charge is 0.331 e. The van der Waals surface area contributed by atoms with Crippen LogP contribution in [0.25, 0.3) is 0 Å². The number of nitrogens with zero attached hydrogens (tertiary/aromatic N) is 3. The molecule has 0 bridgehead atoms. The Morgan fingerprint density at radius 1 is 1.15 bits per heavy atom. The lowest BCUT2D eigenvalue weighted by atomic mass is 10.2. The van der Waals surface area contributed by atoms with E-state index in [-0.39, 0.29) is 34.9 Å². The molecular weight excluding hydrogens is 378 g/mol. The molecule has 7 nitrogen and oxygen atoms in total. The zero-order valence-electron chi connectivity index (χ0n) is 13.7. The molecule has 0 unspecified atom stereocenters. The van der Waals surface area contributed by atoms with Crippen LogP contribution in [0, 0.1) is 16.5 Å². The Hall–Kier alpha value is -3.27. The second-order valence-electron chi connectivity index (χ2n) is 5.21. The standard InChI is InChI=1S/C17H13F2N4O3S/c18-12-7-5-11(6-8-12)10-26-17-20-9-13(19)16(21-17)22-27-15-4-2-1-3-14(15)23(24)25/h1-9H,10H2,(H,24,25)(H,20,21,22)/q+1. The van der Waals surface area contributed by atoms with Gasteiger partial charge in [-0.05, 0) is 35.7 Å². The number of hydrogen-bond acceptors (Lipinski definition) is 6. The molecule has 0 aliphatic heterocycles. The average molecular weight is 391 g/mol. The molecule has 10 heteroatoms. The van der Waals surface area contributed by atoms with Gasteiger partial charge < -0.3 is 9.46 Å². The van der Waals surface area contributed by atoms with Crippen LogP contribution < -0.4 is 9.46 Å². The van der Waals surface area contributed by atoms with E-state index in [0.717, 1.165) is 18.1 Å². The van der Waals surface area contributed by atoms with Crippen molar-refractivity contribution in [3.63, 3.8) is 0 Å². The Morgan fingerprint density at radius 3 is 2.63 bits per heavy atom. The Kier molecular flexibility index (Phi) is 5.77. The first-order valence-electron chi connectivity index (χ1n) is 7.61. The molecule has 3 rings (SSSR count). The predicted molar refractivity (Wildman–Crippen MR) is 93.7 cm³/mol. The van der Waals surface area contributed by atoms with Gasteiger partial charge in [-0.15, -0.1) is 0 Å². The van der Waals surface area contributed by atoms with Gasteiger partial charge in [0, 0.05) is 6.07 Å². The molecule has 0 radical (unpaired) electrons. The highest BCUT2D eigenvalue weighted by Crippen LogP contribution is 2.29. The van der Waals surface area contributed by atoms with Crippen molar-refractivity contribution in [3.8, 4) is 6.01 Å². The minimum Gasteiger partial charge on any atom is -0.459 e. The van der Waals surface area contributed by atoms with E-state index in [9.17, 15) is 13.7 Å². The number of aromatic nitrogens is 2. The van der Waals surface area contributed by atoms with Crippen LogP contribution in [0.3, 0.4) is 0 Å². The zero-order chi connectivity index (χ0) is 19.2. The van der Waals surface area contributed by atoms with Gasteiger partial charge in [0.25, 0.3) is 4.92 Å². The summed E-state index contributed by atoms with van der Waals surface area (Å²) in [6, 6.07) is 11.8. The van der Waals surface area contributed by atoms with E-state index in [4.69, 9.17) is 9.94 Å². The summed E-state index contributed by atoms with van der Waals surface area (Å²) < 4.78 is 34.9. The molecule has 0 amide bonds. The van der Waals surface area contributed by atoms with Gasteiger partial charge in [0.05, 0.1) is 11.1 Å². The van der Waals surface area contributed by atoms with Gasteiger partial charge in [-0.25, -0.2) is 19.0 Å². The minimum atomic E-state index is -0.725. The number of hydrogen-bond donors (Lipinski definition) is 2. The number of anilines is 1. The van der Waals surface area contributed by atoms with E-state index in [0.29, 0.717) is 10.5 Å². The molecule has 0 saturated heterocycles. The topological polar surface area (TPSA) is 87.4 Å². The quantitative estimate of drug-likeness (QED) is 0.460. The molecular formula is C17H13F2N4O3S+. The number of halogens is 2. The summed E-state index contributed by atoms with van der Waals surface area (Å²) in [6.07, 6.45) is 0.938. The van der Waals surface area contributed by atoms with Crippen LogP contribution in [0.4, 0.5) is 20.3 Å². The Morgan fingerprint density at radius 2 is 1.89 bits per heavy atom. The van der Waals surface area contributed by atoms with E-state index < -0.39 is 5.82 Å². The van der Waals surface area contributed by atoms with E-state index in [2.05, 4.69) is 14.7 Å². The van der Waals surface area contributed by atoms with Crippen LogP contribution in [0.15, 0.2) is 59.6 Å². The van der Waals surface area contributed by atoms with E-state index in [1.165, 1.54) is 18.2 Å². The van der Waals surface area contributed by atoms with Gasteiger partial charge in [-0.1, -0.05) is 24.3 Å². The van der Waals surface area contributed by atoms with Crippen LogP contribution >= 0.6 is 11.9 Å². The first-order chi connectivity index (χ1) is 13.0. The molecule has 0 atom stereocenters. The summed E-state index contributed by atoms with van der Waals surface area (Å²) in [5, 5.41) is 9.09. The highest BCUT2D eigenvalue weighted by molar-refractivity contribution is 8.00. The van der Waals surface area contributed by atoms with Crippen LogP contribution in [0.2, 0.25) is 0 Å². The number of para-hydroxylation sites is 1.